The highest BCUT2D eigenvalue weighted by Crippen LogP contribution is 2.30. The van der Waals surface area contributed by atoms with Crippen molar-refractivity contribution in [2.45, 2.75) is 12.6 Å². The Bertz CT molecular complexity index is 866. The second kappa shape index (κ2) is 5.83. The van der Waals surface area contributed by atoms with Gasteiger partial charge in [0.05, 0.1) is 11.1 Å². The van der Waals surface area contributed by atoms with Crippen LogP contribution in [0.3, 0.4) is 0 Å². The molecule has 5 heteroatoms. The maximum atomic E-state index is 12.7. The van der Waals surface area contributed by atoms with Gasteiger partial charge in [-0.2, -0.15) is 13.2 Å². The molecule has 0 aliphatic rings. The maximum Gasteiger partial charge on any atom is 0.416 e. The van der Waals surface area contributed by atoms with Crippen LogP contribution in [0.25, 0.3) is 10.9 Å². The number of hydrogen-bond donors (Lipinski definition) is 0. The number of hydrogen-bond acceptors (Lipinski definition) is 2. The van der Waals surface area contributed by atoms with E-state index in [0.717, 1.165) is 28.6 Å². The summed E-state index contributed by atoms with van der Waals surface area (Å²) in [4.78, 5) is 16.6. The lowest BCUT2D eigenvalue weighted by molar-refractivity contribution is -0.137. The van der Waals surface area contributed by atoms with Gasteiger partial charge in [-0.25, -0.2) is 0 Å². The van der Waals surface area contributed by atoms with E-state index in [0.29, 0.717) is 0 Å². The van der Waals surface area contributed by atoms with Crippen LogP contribution in [0.5, 0.6) is 0 Å². The van der Waals surface area contributed by atoms with E-state index in [9.17, 15) is 18.0 Å². The zero-order chi connectivity index (χ0) is 16.4. The third kappa shape index (κ3) is 3.23. The van der Waals surface area contributed by atoms with Crippen LogP contribution in [-0.2, 0) is 12.6 Å². The topological polar surface area (TPSA) is 30.0 Å². The molecular weight excluding hydrogens is 303 g/mol. The van der Waals surface area contributed by atoms with Gasteiger partial charge in [0, 0.05) is 23.6 Å². The molecule has 0 saturated heterocycles. The number of para-hydroxylation sites is 1. The van der Waals surface area contributed by atoms with Crippen molar-refractivity contribution in [3.8, 4) is 0 Å². The Balaban J connectivity index is 1.92. The van der Waals surface area contributed by atoms with E-state index in [4.69, 9.17) is 0 Å². The summed E-state index contributed by atoms with van der Waals surface area (Å²) in [5.74, 6) is -0.354. The van der Waals surface area contributed by atoms with E-state index in [-0.39, 0.29) is 17.8 Å². The highest BCUT2D eigenvalue weighted by atomic mass is 19.4. The molecule has 2 nitrogen and oxygen atoms in total. The monoisotopic (exact) mass is 315 g/mol. The number of carbonyl (C=O) groups is 1. The smallest absolute Gasteiger partial charge is 0.294 e. The molecule has 0 aliphatic carbocycles. The van der Waals surface area contributed by atoms with Crippen LogP contribution in [-0.4, -0.2) is 10.8 Å². The molecule has 0 saturated carbocycles. The SMILES string of the molecule is O=C(Cc1ccnc2ccccc12)c1cccc(C(F)(F)F)c1. The summed E-state index contributed by atoms with van der Waals surface area (Å²) >= 11 is 0. The van der Waals surface area contributed by atoms with Crippen LogP contribution >= 0.6 is 0 Å². The van der Waals surface area contributed by atoms with Crippen molar-refractivity contribution >= 4 is 16.7 Å². The molecule has 1 heterocycles. The van der Waals surface area contributed by atoms with E-state index < -0.39 is 11.7 Å². The van der Waals surface area contributed by atoms with Gasteiger partial charge in [0.2, 0.25) is 0 Å². The fraction of sp³-hybridized carbons (Fsp3) is 0.111. The Morgan fingerprint density at radius 1 is 1.00 bits per heavy atom. The summed E-state index contributed by atoms with van der Waals surface area (Å²) in [6, 6.07) is 13.6. The van der Waals surface area contributed by atoms with Crippen LogP contribution < -0.4 is 0 Å². The van der Waals surface area contributed by atoms with Crippen molar-refractivity contribution < 1.29 is 18.0 Å². The highest BCUT2D eigenvalue weighted by molar-refractivity contribution is 5.99. The molecule has 0 spiro atoms. The number of rotatable bonds is 3. The van der Waals surface area contributed by atoms with E-state index in [1.165, 1.54) is 12.1 Å². The van der Waals surface area contributed by atoms with Crippen molar-refractivity contribution in [1.82, 2.24) is 4.98 Å². The van der Waals surface area contributed by atoms with Gasteiger partial charge >= 0.3 is 6.18 Å². The largest absolute Gasteiger partial charge is 0.416 e. The Labute approximate surface area is 130 Å². The Morgan fingerprint density at radius 2 is 1.78 bits per heavy atom. The van der Waals surface area contributed by atoms with Gasteiger partial charge in [-0.1, -0.05) is 30.3 Å². The summed E-state index contributed by atoms with van der Waals surface area (Å²) in [6.45, 7) is 0. The molecular formula is C18H12F3NO. The third-order valence-corrected chi connectivity index (χ3v) is 3.60. The number of benzene rings is 2. The molecule has 116 valence electrons. The van der Waals surface area contributed by atoms with Crippen LogP contribution in [0.1, 0.15) is 21.5 Å². The molecule has 0 atom stereocenters. The Morgan fingerprint density at radius 3 is 2.57 bits per heavy atom. The average Bonchev–Trinajstić information content (AvgIpc) is 2.54. The summed E-state index contributed by atoms with van der Waals surface area (Å²) in [7, 11) is 0. The predicted molar refractivity (Wildman–Crippen MR) is 81.2 cm³/mol. The number of nitrogens with zero attached hydrogens (tertiary/aromatic N) is 1. The summed E-state index contributed by atoms with van der Waals surface area (Å²) in [5.41, 5.74) is 0.739. The summed E-state index contributed by atoms with van der Waals surface area (Å²) < 4.78 is 38.2. The Kier molecular flexibility index (Phi) is 3.86. The van der Waals surface area contributed by atoms with Crippen LogP contribution in [0.4, 0.5) is 13.2 Å². The fourth-order valence-electron chi connectivity index (χ4n) is 2.45. The molecule has 3 aromatic rings. The van der Waals surface area contributed by atoms with Crippen molar-refractivity contribution in [2.24, 2.45) is 0 Å². The first-order valence-electron chi connectivity index (χ1n) is 6.98. The molecule has 23 heavy (non-hydrogen) atoms. The fourth-order valence-corrected chi connectivity index (χ4v) is 2.45. The second-order valence-corrected chi connectivity index (χ2v) is 5.17. The van der Waals surface area contributed by atoms with E-state index >= 15 is 0 Å². The highest BCUT2D eigenvalue weighted by Gasteiger charge is 2.30. The molecule has 0 radical (unpaired) electrons. The first kappa shape index (κ1) is 15.2. The molecule has 2 aromatic carbocycles. The average molecular weight is 315 g/mol. The number of carbonyl (C=O) groups excluding carboxylic acids is 1. The molecule has 0 bridgehead atoms. The van der Waals surface area contributed by atoms with Gasteiger partial charge in [-0.15, -0.1) is 0 Å². The molecule has 1 aromatic heterocycles. The van der Waals surface area contributed by atoms with Crippen molar-refractivity contribution in [3.63, 3.8) is 0 Å². The van der Waals surface area contributed by atoms with Gasteiger partial charge in [0.25, 0.3) is 0 Å². The van der Waals surface area contributed by atoms with E-state index in [1.54, 1.807) is 12.3 Å². The number of aromatic nitrogens is 1. The number of fused-ring (bicyclic) bond motifs is 1. The minimum Gasteiger partial charge on any atom is -0.294 e. The Hall–Kier alpha value is -2.69. The second-order valence-electron chi connectivity index (χ2n) is 5.17. The first-order chi connectivity index (χ1) is 10.9. The number of ketones is 1. The van der Waals surface area contributed by atoms with Gasteiger partial charge < -0.3 is 0 Å². The summed E-state index contributed by atoms with van der Waals surface area (Å²) in [6.07, 6.45) is -2.83. The number of halogens is 3. The first-order valence-corrected chi connectivity index (χ1v) is 6.98. The minimum absolute atomic E-state index is 0.0321. The third-order valence-electron chi connectivity index (χ3n) is 3.60. The zero-order valence-corrected chi connectivity index (χ0v) is 12.0. The number of pyridine rings is 1. The van der Waals surface area contributed by atoms with E-state index in [1.807, 2.05) is 24.3 Å². The molecule has 0 unspecified atom stereocenters. The molecule has 0 fully saturated rings. The molecule has 0 amide bonds. The van der Waals surface area contributed by atoms with Gasteiger partial charge in [0.15, 0.2) is 5.78 Å². The number of Topliss-reactive ketones (excluding diaryl/α,β-unsaturated/α-hetero) is 1. The quantitative estimate of drug-likeness (QED) is 0.657. The van der Waals surface area contributed by atoms with Crippen LogP contribution in [0.15, 0.2) is 60.8 Å². The molecule has 3 rings (SSSR count). The number of alkyl halides is 3. The predicted octanol–water partition coefficient (Wildman–Crippen LogP) is 4.68. The van der Waals surface area contributed by atoms with Crippen molar-refractivity contribution in [3.05, 3.63) is 77.5 Å². The normalized spacial score (nSPS) is 11.6. The summed E-state index contributed by atoms with van der Waals surface area (Å²) in [5, 5.41) is 0.829. The standard InChI is InChI=1S/C18H12F3NO/c19-18(20,21)14-5-3-4-13(10-14)17(23)11-12-8-9-22-16-7-2-1-6-15(12)16/h1-10H,11H2. The lowest BCUT2D eigenvalue weighted by atomic mass is 9.99. The maximum absolute atomic E-state index is 12.7. The minimum atomic E-state index is -4.46. The van der Waals surface area contributed by atoms with Gasteiger partial charge in [-0.3, -0.25) is 9.78 Å². The van der Waals surface area contributed by atoms with Gasteiger partial charge in [-0.05, 0) is 29.8 Å². The van der Waals surface area contributed by atoms with Crippen molar-refractivity contribution in [1.29, 1.82) is 0 Å². The lowest BCUT2D eigenvalue weighted by Gasteiger charge is -2.09. The molecule has 0 N–H and O–H groups in total. The van der Waals surface area contributed by atoms with Gasteiger partial charge in [0.1, 0.15) is 0 Å². The lowest BCUT2D eigenvalue weighted by Crippen LogP contribution is -2.09. The molecule has 0 aliphatic heterocycles. The van der Waals surface area contributed by atoms with Crippen molar-refractivity contribution in [2.75, 3.05) is 0 Å². The van der Waals surface area contributed by atoms with Crippen LogP contribution in [0, 0.1) is 0 Å². The van der Waals surface area contributed by atoms with Crippen LogP contribution in [0.2, 0.25) is 0 Å². The zero-order valence-electron chi connectivity index (χ0n) is 12.0. The van der Waals surface area contributed by atoms with E-state index in [2.05, 4.69) is 4.98 Å².